The lowest BCUT2D eigenvalue weighted by molar-refractivity contribution is 0.0425. The fourth-order valence-corrected chi connectivity index (χ4v) is 3.30. The minimum Gasteiger partial charge on any atom is -0.388 e. The van der Waals surface area contributed by atoms with Crippen molar-refractivity contribution < 1.29 is 13.9 Å². The number of rotatable bonds is 3. The lowest BCUT2D eigenvalue weighted by Gasteiger charge is -2.34. The third-order valence-corrected chi connectivity index (χ3v) is 4.55. The molecule has 0 aliphatic heterocycles. The van der Waals surface area contributed by atoms with Crippen molar-refractivity contribution in [1.29, 1.82) is 0 Å². The topological polar surface area (TPSA) is 20.2 Å². The molecule has 1 fully saturated rings. The second-order valence-corrected chi connectivity index (χ2v) is 5.76. The van der Waals surface area contributed by atoms with E-state index < -0.39 is 17.7 Å². The van der Waals surface area contributed by atoms with Gasteiger partial charge in [0.15, 0.2) is 0 Å². The van der Waals surface area contributed by atoms with E-state index in [9.17, 15) is 13.9 Å². The Balaban J connectivity index is 2.27. The molecule has 0 bridgehead atoms. The van der Waals surface area contributed by atoms with Gasteiger partial charge in [-0.05, 0) is 30.4 Å². The maximum atomic E-state index is 13.9. The van der Waals surface area contributed by atoms with Gasteiger partial charge < -0.3 is 5.11 Å². The molecule has 3 unspecified atom stereocenters. The van der Waals surface area contributed by atoms with E-state index in [0.29, 0.717) is 5.92 Å². The zero-order valence-corrected chi connectivity index (χ0v) is 11.8. The van der Waals surface area contributed by atoms with Crippen LogP contribution in [0.2, 0.25) is 5.02 Å². The van der Waals surface area contributed by atoms with Crippen LogP contribution in [0.1, 0.15) is 50.7 Å². The zero-order valence-electron chi connectivity index (χ0n) is 11.0. The van der Waals surface area contributed by atoms with Gasteiger partial charge in [-0.1, -0.05) is 44.2 Å². The Kier molecular flexibility index (Phi) is 4.80. The summed E-state index contributed by atoms with van der Waals surface area (Å²) in [4.78, 5) is 0. The SMILES string of the molecule is CCC1CCCCC1C(O)c1cc(F)c(Cl)cc1F. The minimum absolute atomic E-state index is 0.00817. The fourth-order valence-electron chi connectivity index (χ4n) is 3.15. The molecular formula is C15H19ClF2O. The molecule has 4 heteroatoms. The third-order valence-electron chi connectivity index (χ3n) is 4.26. The summed E-state index contributed by atoms with van der Waals surface area (Å²) in [6.45, 7) is 2.08. The molecule has 1 saturated carbocycles. The van der Waals surface area contributed by atoms with Crippen LogP contribution in [0.3, 0.4) is 0 Å². The van der Waals surface area contributed by atoms with E-state index in [2.05, 4.69) is 6.92 Å². The van der Waals surface area contributed by atoms with Gasteiger partial charge in [-0.25, -0.2) is 8.78 Å². The molecule has 0 heterocycles. The van der Waals surface area contributed by atoms with Crippen LogP contribution in [0.25, 0.3) is 0 Å². The molecule has 1 aromatic rings. The molecule has 0 spiro atoms. The van der Waals surface area contributed by atoms with Crippen LogP contribution in [0.15, 0.2) is 12.1 Å². The first kappa shape index (κ1) is 14.7. The van der Waals surface area contributed by atoms with Gasteiger partial charge in [0.25, 0.3) is 0 Å². The second kappa shape index (κ2) is 6.19. The third kappa shape index (κ3) is 3.09. The smallest absolute Gasteiger partial charge is 0.142 e. The summed E-state index contributed by atoms with van der Waals surface area (Å²) in [6.07, 6.45) is 4.12. The molecule has 1 aromatic carbocycles. The Morgan fingerprint density at radius 2 is 1.95 bits per heavy atom. The van der Waals surface area contributed by atoms with Crippen LogP contribution in [0, 0.1) is 23.5 Å². The van der Waals surface area contributed by atoms with E-state index in [4.69, 9.17) is 11.6 Å². The normalized spacial score (nSPS) is 25.3. The van der Waals surface area contributed by atoms with Gasteiger partial charge in [-0.3, -0.25) is 0 Å². The molecule has 0 saturated heterocycles. The van der Waals surface area contributed by atoms with Crippen molar-refractivity contribution in [3.05, 3.63) is 34.4 Å². The zero-order chi connectivity index (χ0) is 14.0. The van der Waals surface area contributed by atoms with Crippen LogP contribution in [0.4, 0.5) is 8.78 Å². The Bertz CT molecular complexity index is 450. The summed E-state index contributed by atoms with van der Waals surface area (Å²) in [5.41, 5.74) is 0.0345. The Labute approximate surface area is 117 Å². The summed E-state index contributed by atoms with van der Waals surface area (Å²) in [7, 11) is 0. The summed E-state index contributed by atoms with van der Waals surface area (Å²) in [6, 6.07) is 1.98. The monoisotopic (exact) mass is 288 g/mol. The number of aliphatic hydroxyl groups excluding tert-OH is 1. The number of hydrogen-bond donors (Lipinski definition) is 1. The highest BCUT2D eigenvalue weighted by Crippen LogP contribution is 2.41. The van der Waals surface area contributed by atoms with Crippen molar-refractivity contribution >= 4 is 11.6 Å². The predicted molar refractivity (Wildman–Crippen MR) is 72.1 cm³/mol. The Morgan fingerprint density at radius 1 is 1.26 bits per heavy atom. The molecule has 0 aromatic heterocycles. The number of halogens is 3. The van der Waals surface area contributed by atoms with E-state index in [1.54, 1.807) is 0 Å². The number of hydrogen-bond acceptors (Lipinski definition) is 1. The van der Waals surface area contributed by atoms with Crippen molar-refractivity contribution in [2.45, 2.75) is 45.1 Å². The molecular weight excluding hydrogens is 270 g/mol. The number of benzene rings is 1. The van der Waals surface area contributed by atoms with E-state index in [1.807, 2.05) is 0 Å². The molecule has 0 radical (unpaired) electrons. The van der Waals surface area contributed by atoms with Crippen LogP contribution < -0.4 is 0 Å². The maximum Gasteiger partial charge on any atom is 0.142 e. The first-order valence-electron chi connectivity index (χ1n) is 6.87. The van der Waals surface area contributed by atoms with Gasteiger partial charge in [-0.15, -0.1) is 0 Å². The molecule has 1 aliphatic carbocycles. The van der Waals surface area contributed by atoms with Crippen LogP contribution in [-0.4, -0.2) is 5.11 Å². The van der Waals surface area contributed by atoms with Crippen molar-refractivity contribution in [2.75, 3.05) is 0 Å². The second-order valence-electron chi connectivity index (χ2n) is 5.35. The van der Waals surface area contributed by atoms with E-state index >= 15 is 0 Å². The lowest BCUT2D eigenvalue weighted by Crippen LogP contribution is -2.26. The maximum absolute atomic E-state index is 13.9. The first-order chi connectivity index (χ1) is 9.04. The molecule has 1 nitrogen and oxygen atoms in total. The quantitative estimate of drug-likeness (QED) is 0.787. The highest BCUT2D eigenvalue weighted by molar-refractivity contribution is 6.30. The molecule has 3 atom stereocenters. The van der Waals surface area contributed by atoms with Gasteiger partial charge in [0.05, 0.1) is 11.1 Å². The average molecular weight is 289 g/mol. The lowest BCUT2D eigenvalue weighted by atomic mass is 9.73. The molecule has 2 rings (SSSR count). The van der Waals surface area contributed by atoms with Gasteiger partial charge in [0.2, 0.25) is 0 Å². The number of aliphatic hydroxyl groups is 1. The van der Waals surface area contributed by atoms with Gasteiger partial charge >= 0.3 is 0 Å². The average Bonchev–Trinajstić information content (AvgIpc) is 2.42. The van der Waals surface area contributed by atoms with Gasteiger partial charge in [0.1, 0.15) is 11.6 Å². The molecule has 106 valence electrons. The van der Waals surface area contributed by atoms with Crippen molar-refractivity contribution in [3.63, 3.8) is 0 Å². The predicted octanol–water partition coefficient (Wildman–Crippen LogP) is 4.87. The van der Waals surface area contributed by atoms with Crippen molar-refractivity contribution in [2.24, 2.45) is 11.8 Å². The standard InChI is InChI=1S/C15H19ClF2O/c1-2-9-5-3-4-6-10(9)15(19)11-7-14(18)12(16)8-13(11)17/h7-10,15,19H,2-6H2,1H3. The largest absolute Gasteiger partial charge is 0.388 e. The van der Waals surface area contributed by atoms with Crippen LogP contribution >= 0.6 is 11.6 Å². The van der Waals surface area contributed by atoms with Gasteiger partial charge in [-0.2, -0.15) is 0 Å². The van der Waals surface area contributed by atoms with Crippen LogP contribution in [0.5, 0.6) is 0 Å². The summed E-state index contributed by atoms with van der Waals surface area (Å²) in [5.74, 6) is -0.920. The van der Waals surface area contributed by atoms with E-state index in [0.717, 1.165) is 44.2 Å². The van der Waals surface area contributed by atoms with Crippen molar-refractivity contribution in [1.82, 2.24) is 0 Å². The Morgan fingerprint density at radius 3 is 2.63 bits per heavy atom. The van der Waals surface area contributed by atoms with Gasteiger partial charge in [0, 0.05) is 5.56 Å². The van der Waals surface area contributed by atoms with Crippen molar-refractivity contribution in [3.8, 4) is 0 Å². The minimum atomic E-state index is -0.947. The summed E-state index contributed by atoms with van der Waals surface area (Å²) >= 11 is 5.54. The van der Waals surface area contributed by atoms with E-state index in [1.165, 1.54) is 0 Å². The van der Waals surface area contributed by atoms with Crippen LogP contribution in [-0.2, 0) is 0 Å². The van der Waals surface area contributed by atoms with E-state index in [-0.39, 0.29) is 16.5 Å². The first-order valence-corrected chi connectivity index (χ1v) is 7.25. The highest BCUT2D eigenvalue weighted by Gasteiger charge is 2.32. The molecule has 0 amide bonds. The fraction of sp³-hybridized carbons (Fsp3) is 0.600. The Hall–Kier alpha value is -0.670. The summed E-state index contributed by atoms with van der Waals surface area (Å²) in [5, 5.41) is 10.1. The summed E-state index contributed by atoms with van der Waals surface area (Å²) < 4.78 is 27.3. The molecule has 19 heavy (non-hydrogen) atoms. The highest BCUT2D eigenvalue weighted by atomic mass is 35.5. The molecule has 1 aliphatic rings. The molecule has 1 N–H and O–H groups in total.